The maximum atomic E-state index is 3.76. The van der Waals surface area contributed by atoms with Crippen molar-refractivity contribution in [1.29, 1.82) is 0 Å². The van der Waals surface area contributed by atoms with E-state index >= 15 is 0 Å². The fourth-order valence-corrected chi connectivity index (χ4v) is 1.53. The minimum Gasteiger partial charge on any atom is -0.295 e. The first-order valence-electron chi connectivity index (χ1n) is 5.66. The standard InChI is InChI=1S/C14H24N2/c1-5-9-15(10-6-2)13-14-16(11-7-3)12-8-4/h5-8H,1-4,9-14H2. The van der Waals surface area contributed by atoms with Crippen LogP contribution in [0.2, 0.25) is 0 Å². The summed E-state index contributed by atoms with van der Waals surface area (Å²) >= 11 is 0. The van der Waals surface area contributed by atoms with E-state index in [1.165, 1.54) is 0 Å². The Morgan fingerprint density at radius 1 is 0.562 bits per heavy atom. The maximum absolute atomic E-state index is 3.76. The van der Waals surface area contributed by atoms with E-state index in [2.05, 4.69) is 36.1 Å². The first-order valence-corrected chi connectivity index (χ1v) is 5.66. The van der Waals surface area contributed by atoms with Crippen molar-refractivity contribution < 1.29 is 0 Å². The molecule has 0 radical (unpaired) electrons. The molecule has 0 aromatic carbocycles. The molecule has 0 saturated heterocycles. The van der Waals surface area contributed by atoms with Gasteiger partial charge in [0.2, 0.25) is 0 Å². The number of hydrogen-bond acceptors (Lipinski definition) is 2. The minimum absolute atomic E-state index is 0.905. The molecule has 90 valence electrons. The van der Waals surface area contributed by atoms with E-state index < -0.39 is 0 Å². The third-order valence-electron chi connectivity index (χ3n) is 2.28. The third kappa shape index (κ3) is 7.21. The molecule has 0 unspecified atom stereocenters. The lowest BCUT2D eigenvalue weighted by Crippen LogP contribution is -2.35. The van der Waals surface area contributed by atoms with Crippen molar-refractivity contribution >= 4 is 0 Å². The van der Waals surface area contributed by atoms with Gasteiger partial charge in [0.25, 0.3) is 0 Å². The van der Waals surface area contributed by atoms with E-state index in [-0.39, 0.29) is 0 Å². The van der Waals surface area contributed by atoms with E-state index in [9.17, 15) is 0 Å². The van der Waals surface area contributed by atoms with Crippen LogP contribution in [0.15, 0.2) is 50.6 Å². The highest BCUT2D eigenvalue weighted by atomic mass is 15.2. The predicted octanol–water partition coefficient (Wildman–Crippen LogP) is 2.33. The zero-order chi connectivity index (χ0) is 12.2. The highest BCUT2D eigenvalue weighted by Gasteiger charge is 2.04. The van der Waals surface area contributed by atoms with Crippen LogP contribution in [0.4, 0.5) is 0 Å². The van der Waals surface area contributed by atoms with Crippen molar-refractivity contribution in [2.24, 2.45) is 0 Å². The lowest BCUT2D eigenvalue weighted by atomic mass is 10.3. The van der Waals surface area contributed by atoms with Crippen molar-refractivity contribution in [3.05, 3.63) is 50.6 Å². The predicted molar refractivity (Wildman–Crippen MR) is 73.7 cm³/mol. The fourth-order valence-electron chi connectivity index (χ4n) is 1.53. The Morgan fingerprint density at radius 3 is 1.00 bits per heavy atom. The molecule has 2 heteroatoms. The van der Waals surface area contributed by atoms with Crippen molar-refractivity contribution in [1.82, 2.24) is 9.80 Å². The van der Waals surface area contributed by atoms with Gasteiger partial charge in [0, 0.05) is 39.3 Å². The monoisotopic (exact) mass is 220 g/mol. The molecule has 0 atom stereocenters. The van der Waals surface area contributed by atoms with Crippen molar-refractivity contribution in [2.75, 3.05) is 39.3 Å². The summed E-state index contributed by atoms with van der Waals surface area (Å²) in [6.45, 7) is 20.7. The molecule has 0 aliphatic rings. The molecular formula is C14H24N2. The Balaban J connectivity index is 4.00. The second-order valence-electron chi connectivity index (χ2n) is 3.67. The molecule has 0 N–H and O–H groups in total. The van der Waals surface area contributed by atoms with Gasteiger partial charge in [-0.25, -0.2) is 0 Å². The number of rotatable bonds is 11. The molecule has 0 heterocycles. The fraction of sp³-hybridized carbons (Fsp3) is 0.429. The molecule has 0 saturated carbocycles. The highest BCUT2D eigenvalue weighted by molar-refractivity contribution is 4.83. The topological polar surface area (TPSA) is 6.48 Å². The van der Waals surface area contributed by atoms with Gasteiger partial charge in [-0.3, -0.25) is 9.80 Å². The molecule has 0 aliphatic carbocycles. The molecule has 0 bridgehead atoms. The Bertz CT molecular complexity index is 177. The van der Waals surface area contributed by atoms with Crippen LogP contribution in [0.25, 0.3) is 0 Å². The molecule has 16 heavy (non-hydrogen) atoms. The number of nitrogens with zero attached hydrogens (tertiary/aromatic N) is 2. The largest absolute Gasteiger partial charge is 0.295 e. The molecule has 0 spiro atoms. The Hall–Kier alpha value is -1.12. The van der Waals surface area contributed by atoms with Crippen LogP contribution in [0.3, 0.4) is 0 Å². The van der Waals surface area contributed by atoms with E-state index in [0.29, 0.717) is 0 Å². The molecule has 0 rings (SSSR count). The van der Waals surface area contributed by atoms with Gasteiger partial charge in [0.15, 0.2) is 0 Å². The van der Waals surface area contributed by atoms with Crippen LogP contribution in [0, 0.1) is 0 Å². The first kappa shape index (κ1) is 14.9. The quantitative estimate of drug-likeness (QED) is 0.493. The van der Waals surface area contributed by atoms with Gasteiger partial charge < -0.3 is 0 Å². The first-order chi connectivity index (χ1) is 7.78. The van der Waals surface area contributed by atoms with Gasteiger partial charge in [-0.2, -0.15) is 0 Å². The summed E-state index contributed by atoms with van der Waals surface area (Å²) in [7, 11) is 0. The molecule has 2 nitrogen and oxygen atoms in total. The molecule has 0 aromatic heterocycles. The van der Waals surface area contributed by atoms with Gasteiger partial charge in [-0.05, 0) is 0 Å². The Morgan fingerprint density at radius 2 is 0.812 bits per heavy atom. The van der Waals surface area contributed by atoms with E-state index in [4.69, 9.17) is 0 Å². The lowest BCUT2D eigenvalue weighted by molar-refractivity contribution is 0.255. The van der Waals surface area contributed by atoms with E-state index in [1.54, 1.807) is 0 Å². The summed E-state index contributed by atoms with van der Waals surface area (Å²) in [5.74, 6) is 0. The second-order valence-corrected chi connectivity index (χ2v) is 3.67. The molecular weight excluding hydrogens is 196 g/mol. The van der Waals surface area contributed by atoms with Crippen LogP contribution >= 0.6 is 0 Å². The second kappa shape index (κ2) is 10.4. The van der Waals surface area contributed by atoms with Gasteiger partial charge >= 0.3 is 0 Å². The number of hydrogen-bond donors (Lipinski definition) is 0. The zero-order valence-corrected chi connectivity index (χ0v) is 10.3. The van der Waals surface area contributed by atoms with E-state index in [0.717, 1.165) is 39.3 Å². The summed E-state index contributed by atoms with van der Waals surface area (Å²) in [5, 5.41) is 0. The average Bonchev–Trinajstić information content (AvgIpc) is 2.27. The highest BCUT2D eigenvalue weighted by Crippen LogP contribution is 1.94. The van der Waals surface area contributed by atoms with Crippen LogP contribution in [0.1, 0.15) is 0 Å². The summed E-state index contributed by atoms with van der Waals surface area (Å²) in [5.41, 5.74) is 0. The summed E-state index contributed by atoms with van der Waals surface area (Å²) in [6, 6.07) is 0. The van der Waals surface area contributed by atoms with Crippen LogP contribution < -0.4 is 0 Å². The summed E-state index contributed by atoms with van der Waals surface area (Å²) in [6.07, 6.45) is 7.70. The smallest absolute Gasteiger partial charge is 0.0164 e. The molecule has 0 aliphatic heterocycles. The SMILES string of the molecule is C=CCN(CC=C)CCN(CC=C)CC=C. The molecule has 0 fully saturated rings. The zero-order valence-electron chi connectivity index (χ0n) is 10.3. The van der Waals surface area contributed by atoms with Gasteiger partial charge in [-0.15, -0.1) is 26.3 Å². The maximum Gasteiger partial charge on any atom is 0.0164 e. The van der Waals surface area contributed by atoms with Crippen molar-refractivity contribution in [3.63, 3.8) is 0 Å². The minimum atomic E-state index is 0.905. The summed E-state index contributed by atoms with van der Waals surface area (Å²) < 4.78 is 0. The normalized spacial score (nSPS) is 10.4. The van der Waals surface area contributed by atoms with Crippen molar-refractivity contribution in [2.45, 2.75) is 0 Å². The van der Waals surface area contributed by atoms with E-state index in [1.807, 2.05) is 24.3 Å². The third-order valence-corrected chi connectivity index (χ3v) is 2.28. The van der Waals surface area contributed by atoms with Crippen LogP contribution in [0.5, 0.6) is 0 Å². The Kier molecular flexibility index (Phi) is 9.67. The van der Waals surface area contributed by atoms with Crippen LogP contribution in [-0.4, -0.2) is 49.1 Å². The van der Waals surface area contributed by atoms with Gasteiger partial charge in [0.05, 0.1) is 0 Å². The van der Waals surface area contributed by atoms with Gasteiger partial charge in [-0.1, -0.05) is 24.3 Å². The van der Waals surface area contributed by atoms with Crippen molar-refractivity contribution in [3.8, 4) is 0 Å². The lowest BCUT2D eigenvalue weighted by Gasteiger charge is -2.24. The Labute approximate surface area is 100 Å². The molecule has 0 aromatic rings. The van der Waals surface area contributed by atoms with Crippen LogP contribution in [-0.2, 0) is 0 Å². The summed E-state index contributed by atoms with van der Waals surface area (Å²) in [4.78, 5) is 4.61. The molecule has 0 amide bonds. The average molecular weight is 220 g/mol. The van der Waals surface area contributed by atoms with Gasteiger partial charge in [0.1, 0.15) is 0 Å².